The Bertz CT molecular complexity index is 200. The summed E-state index contributed by atoms with van der Waals surface area (Å²) in [6, 6.07) is 0. The number of hydrogen-bond donors (Lipinski definition) is 2. The van der Waals surface area contributed by atoms with E-state index in [9.17, 15) is 5.11 Å². The van der Waals surface area contributed by atoms with E-state index in [2.05, 4.69) is 6.92 Å². The van der Waals surface area contributed by atoms with Gasteiger partial charge in [0.25, 0.3) is 0 Å². The predicted octanol–water partition coefficient (Wildman–Crippen LogP) is 3.61. The summed E-state index contributed by atoms with van der Waals surface area (Å²) in [5.74, 6) is 0. The highest BCUT2D eigenvalue weighted by atomic mass is 16.5. The zero-order chi connectivity index (χ0) is 15.8. The molecule has 0 rings (SSSR count). The zero-order valence-corrected chi connectivity index (χ0v) is 14.2. The summed E-state index contributed by atoms with van der Waals surface area (Å²) >= 11 is 0. The Labute approximate surface area is 131 Å². The molecule has 3 N–H and O–H groups in total. The number of ether oxygens (including phenoxy) is 2. The van der Waals surface area contributed by atoms with Gasteiger partial charge in [0, 0.05) is 13.2 Å². The molecule has 128 valence electrons. The summed E-state index contributed by atoms with van der Waals surface area (Å²) in [7, 11) is 0. The van der Waals surface area contributed by atoms with Gasteiger partial charge >= 0.3 is 0 Å². The molecule has 0 aliphatic carbocycles. The Morgan fingerprint density at radius 2 is 1.38 bits per heavy atom. The molecule has 4 heteroatoms. The van der Waals surface area contributed by atoms with E-state index in [1.807, 2.05) is 6.92 Å². The van der Waals surface area contributed by atoms with Crippen molar-refractivity contribution in [2.45, 2.75) is 90.4 Å². The number of aliphatic hydroxyl groups is 1. The predicted molar refractivity (Wildman–Crippen MR) is 88.3 cm³/mol. The maximum atomic E-state index is 9.29. The van der Waals surface area contributed by atoms with Crippen LogP contribution in [0.25, 0.3) is 0 Å². The van der Waals surface area contributed by atoms with Crippen LogP contribution in [0.4, 0.5) is 0 Å². The first-order valence-corrected chi connectivity index (χ1v) is 8.85. The van der Waals surface area contributed by atoms with Crippen LogP contribution in [0.3, 0.4) is 0 Å². The summed E-state index contributed by atoms with van der Waals surface area (Å²) < 4.78 is 10.8. The molecule has 0 spiro atoms. The molecule has 21 heavy (non-hydrogen) atoms. The summed E-state index contributed by atoms with van der Waals surface area (Å²) in [5.41, 5.74) is 5.41. The molecule has 0 aliphatic rings. The van der Waals surface area contributed by atoms with Crippen molar-refractivity contribution in [1.82, 2.24) is 0 Å². The van der Waals surface area contributed by atoms with Gasteiger partial charge in [0.1, 0.15) is 12.3 Å². The minimum absolute atomic E-state index is 0.378. The summed E-state index contributed by atoms with van der Waals surface area (Å²) in [4.78, 5) is 0. The Morgan fingerprint density at radius 3 is 1.86 bits per heavy atom. The lowest BCUT2D eigenvalue weighted by Gasteiger charge is -2.19. The van der Waals surface area contributed by atoms with E-state index in [1.54, 1.807) is 0 Å². The van der Waals surface area contributed by atoms with Crippen molar-refractivity contribution in [3.63, 3.8) is 0 Å². The molecule has 0 aromatic heterocycles. The SMILES string of the molecule is CCCCCCCCCCCCOCC(OCC)C(N)O. The van der Waals surface area contributed by atoms with Crippen LogP contribution in [0.2, 0.25) is 0 Å². The maximum absolute atomic E-state index is 9.29. The van der Waals surface area contributed by atoms with Crippen molar-refractivity contribution >= 4 is 0 Å². The van der Waals surface area contributed by atoms with E-state index in [0.29, 0.717) is 13.2 Å². The van der Waals surface area contributed by atoms with Crippen molar-refractivity contribution < 1.29 is 14.6 Å². The fourth-order valence-corrected chi connectivity index (χ4v) is 2.35. The highest BCUT2D eigenvalue weighted by molar-refractivity contribution is 4.61. The summed E-state index contributed by atoms with van der Waals surface area (Å²) in [5, 5.41) is 9.29. The third kappa shape index (κ3) is 14.5. The van der Waals surface area contributed by atoms with Crippen LogP contribution in [0.1, 0.15) is 78.1 Å². The van der Waals surface area contributed by atoms with E-state index in [4.69, 9.17) is 15.2 Å². The minimum Gasteiger partial charge on any atom is -0.379 e. The van der Waals surface area contributed by atoms with Gasteiger partial charge in [0.2, 0.25) is 0 Å². The Balaban J connectivity index is 3.21. The molecular weight excluding hydrogens is 266 g/mol. The van der Waals surface area contributed by atoms with Crippen LogP contribution in [0.15, 0.2) is 0 Å². The highest BCUT2D eigenvalue weighted by Gasteiger charge is 2.15. The number of rotatable bonds is 16. The van der Waals surface area contributed by atoms with Gasteiger partial charge in [-0.05, 0) is 13.3 Å². The molecule has 0 saturated heterocycles. The second-order valence-electron chi connectivity index (χ2n) is 5.74. The standard InChI is InChI=1S/C17H37NO3/c1-3-5-6-7-8-9-10-11-12-13-14-20-15-16(17(18)19)21-4-2/h16-17,19H,3-15,18H2,1-2H3. The van der Waals surface area contributed by atoms with Gasteiger partial charge in [-0.1, -0.05) is 64.7 Å². The van der Waals surface area contributed by atoms with Crippen LogP contribution in [-0.4, -0.2) is 37.3 Å². The lowest BCUT2D eigenvalue weighted by molar-refractivity contribution is -0.0739. The number of aliphatic hydroxyl groups excluding tert-OH is 1. The average Bonchev–Trinajstić information content (AvgIpc) is 2.47. The topological polar surface area (TPSA) is 64.7 Å². The molecule has 0 saturated carbocycles. The van der Waals surface area contributed by atoms with E-state index in [1.165, 1.54) is 57.8 Å². The first kappa shape index (κ1) is 20.8. The van der Waals surface area contributed by atoms with E-state index in [0.717, 1.165) is 13.0 Å². The molecule has 2 atom stereocenters. The molecule has 0 radical (unpaired) electrons. The fourth-order valence-electron chi connectivity index (χ4n) is 2.35. The molecule has 0 aromatic rings. The van der Waals surface area contributed by atoms with Crippen LogP contribution >= 0.6 is 0 Å². The lowest BCUT2D eigenvalue weighted by Crippen LogP contribution is -2.40. The van der Waals surface area contributed by atoms with Gasteiger partial charge in [-0.2, -0.15) is 0 Å². The molecule has 0 aliphatic heterocycles. The molecule has 4 nitrogen and oxygen atoms in total. The molecule has 0 heterocycles. The lowest BCUT2D eigenvalue weighted by atomic mass is 10.1. The number of nitrogens with two attached hydrogens (primary N) is 1. The van der Waals surface area contributed by atoms with Crippen molar-refractivity contribution in [2.75, 3.05) is 19.8 Å². The summed E-state index contributed by atoms with van der Waals surface area (Å²) in [6.07, 6.45) is 11.8. The second-order valence-corrected chi connectivity index (χ2v) is 5.74. The Hall–Kier alpha value is -0.160. The molecule has 0 aromatic carbocycles. The first-order valence-electron chi connectivity index (χ1n) is 8.85. The monoisotopic (exact) mass is 303 g/mol. The third-order valence-corrected chi connectivity index (χ3v) is 3.69. The Morgan fingerprint density at radius 1 is 0.857 bits per heavy atom. The molecule has 0 fully saturated rings. The Kier molecular flexibility index (Phi) is 16.1. The number of hydrogen-bond acceptors (Lipinski definition) is 4. The van der Waals surface area contributed by atoms with Crippen molar-refractivity contribution in [3.05, 3.63) is 0 Å². The highest BCUT2D eigenvalue weighted by Crippen LogP contribution is 2.10. The van der Waals surface area contributed by atoms with Gasteiger partial charge in [0.05, 0.1) is 6.61 Å². The molecule has 0 amide bonds. The van der Waals surface area contributed by atoms with Gasteiger partial charge in [-0.3, -0.25) is 0 Å². The van der Waals surface area contributed by atoms with Crippen LogP contribution in [-0.2, 0) is 9.47 Å². The van der Waals surface area contributed by atoms with E-state index < -0.39 is 12.3 Å². The van der Waals surface area contributed by atoms with Crippen molar-refractivity contribution in [3.8, 4) is 0 Å². The van der Waals surface area contributed by atoms with Crippen LogP contribution in [0, 0.1) is 0 Å². The van der Waals surface area contributed by atoms with Gasteiger partial charge in [0.15, 0.2) is 0 Å². The molecular formula is C17H37NO3. The minimum atomic E-state index is -0.961. The normalized spacial score (nSPS) is 14.3. The third-order valence-electron chi connectivity index (χ3n) is 3.69. The molecule has 0 bridgehead atoms. The largest absolute Gasteiger partial charge is 0.379 e. The van der Waals surface area contributed by atoms with Crippen molar-refractivity contribution in [1.29, 1.82) is 0 Å². The zero-order valence-electron chi connectivity index (χ0n) is 14.2. The van der Waals surface area contributed by atoms with Crippen LogP contribution in [0.5, 0.6) is 0 Å². The molecule has 2 unspecified atom stereocenters. The quantitative estimate of drug-likeness (QED) is 0.338. The van der Waals surface area contributed by atoms with Gasteiger partial charge < -0.3 is 20.3 Å². The van der Waals surface area contributed by atoms with E-state index in [-0.39, 0.29) is 0 Å². The van der Waals surface area contributed by atoms with E-state index >= 15 is 0 Å². The summed E-state index contributed by atoms with van der Waals surface area (Å²) in [6.45, 7) is 5.79. The maximum Gasteiger partial charge on any atom is 0.131 e. The van der Waals surface area contributed by atoms with Gasteiger partial charge in [-0.25, -0.2) is 0 Å². The van der Waals surface area contributed by atoms with Crippen LogP contribution < -0.4 is 5.73 Å². The number of unbranched alkanes of at least 4 members (excludes halogenated alkanes) is 9. The van der Waals surface area contributed by atoms with Gasteiger partial charge in [-0.15, -0.1) is 0 Å². The fraction of sp³-hybridized carbons (Fsp3) is 1.00. The second kappa shape index (κ2) is 16.2. The average molecular weight is 303 g/mol. The first-order chi connectivity index (χ1) is 10.2. The smallest absolute Gasteiger partial charge is 0.131 e. The van der Waals surface area contributed by atoms with Crippen molar-refractivity contribution in [2.24, 2.45) is 5.73 Å².